The minimum absolute atomic E-state index is 0. The summed E-state index contributed by atoms with van der Waals surface area (Å²) in [5, 5.41) is 3.16. The lowest BCUT2D eigenvalue weighted by Gasteiger charge is -2.23. The van der Waals surface area contributed by atoms with E-state index in [1.807, 2.05) is 36.4 Å². The van der Waals surface area contributed by atoms with Crippen LogP contribution < -0.4 is 11.1 Å². The van der Waals surface area contributed by atoms with Gasteiger partial charge in [-0.1, -0.05) is 67.1 Å². The van der Waals surface area contributed by atoms with Crippen molar-refractivity contribution in [2.75, 3.05) is 0 Å². The minimum Gasteiger partial charge on any atom is -0.351 e. The van der Waals surface area contributed by atoms with Gasteiger partial charge in [-0.05, 0) is 24.0 Å². The minimum atomic E-state index is -0.599. The Bertz CT molecular complexity index is 618. The number of nitrogens with one attached hydrogen (secondary N) is 1. The second kappa shape index (κ2) is 8.14. The summed E-state index contributed by atoms with van der Waals surface area (Å²) < 4.78 is 0. The summed E-state index contributed by atoms with van der Waals surface area (Å²) in [6, 6.07) is 19.6. The number of halogens is 1. The van der Waals surface area contributed by atoms with Crippen LogP contribution in [0.4, 0.5) is 0 Å². The molecule has 3 nitrogen and oxygen atoms in total. The van der Waals surface area contributed by atoms with Gasteiger partial charge in [0.15, 0.2) is 0 Å². The molecule has 3 N–H and O–H groups in total. The van der Waals surface area contributed by atoms with Crippen LogP contribution in [0.2, 0.25) is 0 Å². The molecule has 0 saturated heterocycles. The monoisotopic (exact) mass is 330 g/mol. The van der Waals surface area contributed by atoms with Crippen LogP contribution >= 0.6 is 12.4 Å². The molecule has 1 aliphatic carbocycles. The van der Waals surface area contributed by atoms with Gasteiger partial charge in [-0.15, -0.1) is 12.4 Å². The highest BCUT2D eigenvalue weighted by Crippen LogP contribution is 2.34. The summed E-state index contributed by atoms with van der Waals surface area (Å²) in [7, 11) is 0. The van der Waals surface area contributed by atoms with Crippen molar-refractivity contribution >= 4 is 18.3 Å². The molecule has 1 amide bonds. The van der Waals surface area contributed by atoms with Gasteiger partial charge in [0.2, 0.25) is 5.91 Å². The van der Waals surface area contributed by atoms with E-state index in [4.69, 9.17) is 5.73 Å². The van der Waals surface area contributed by atoms with E-state index in [0.717, 1.165) is 24.8 Å². The lowest BCUT2D eigenvalue weighted by atomic mass is 9.93. The summed E-state index contributed by atoms with van der Waals surface area (Å²) in [6.45, 7) is 0. The fourth-order valence-corrected chi connectivity index (χ4v) is 3.32. The van der Waals surface area contributed by atoms with Gasteiger partial charge in [0.1, 0.15) is 6.04 Å². The molecule has 0 aliphatic heterocycles. The lowest BCUT2D eigenvalue weighted by Crippen LogP contribution is -2.41. The highest BCUT2D eigenvalue weighted by molar-refractivity contribution is 5.85. The fraction of sp³-hybridized carbons (Fsp3) is 0.316. The molecule has 23 heavy (non-hydrogen) atoms. The second-order valence-corrected chi connectivity index (χ2v) is 5.95. The van der Waals surface area contributed by atoms with E-state index in [0.29, 0.717) is 5.92 Å². The maximum Gasteiger partial charge on any atom is 0.241 e. The van der Waals surface area contributed by atoms with Crippen molar-refractivity contribution in [3.63, 3.8) is 0 Å². The highest BCUT2D eigenvalue weighted by atomic mass is 35.5. The van der Waals surface area contributed by atoms with Crippen molar-refractivity contribution in [3.8, 4) is 0 Å². The van der Waals surface area contributed by atoms with Crippen LogP contribution in [0.3, 0.4) is 0 Å². The van der Waals surface area contributed by atoms with E-state index in [9.17, 15) is 4.79 Å². The molecule has 122 valence electrons. The van der Waals surface area contributed by atoms with Crippen molar-refractivity contribution < 1.29 is 4.79 Å². The zero-order chi connectivity index (χ0) is 15.4. The van der Waals surface area contributed by atoms with Gasteiger partial charge in [-0.2, -0.15) is 0 Å². The number of hydrogen-bond donors (Lipinski definition) is 2. The zero-order valence-electron chi connectivity index (χ0n) is 13.0. The van der Waals surface area contributed by atoms with Crippen LogP contribution in [0.15, 0.2) is 60.7 Å². The smallest absolute Gasteiger partial charge is 0.241 e. The first kappa shape index (κ1) is 17.5. The van der Waals surface area contributed by atoms with Crippen molar-refractivity contribution in [1.29, 1.82) is 0 Å². The van der Waals surface area contributed by atoms with E-state index in [2.05, 4.69) is 29.6 Å². The number of nitrogens with two attached hydrogens (primary N) is 1. The zero-order valence-corrected chi connectivity index (χ0v) is 13.8. The summed E-state index contributed by atoms with van der Waals surface area (Å²) in [4.78, 5) is 12.4. The maximum atomic E-state index is 12.4. The van der Waals surface area contributed by atoms with Crippen LogP contribution in [0.5, 0.6) is 0 Å². The van der Waals surface area contributed by atoms with Crippen molar-refractivity contribution in [2.24, 2.45) is 5.73 Å². The van der Waals surface area contributed by atoms with Gasteiger partial charge >= 0.3 is 0 Å². The van der Waals surface area contributed by atoms with Gasteiger partial charge in [0, 0.05) is 12.0 Å². The van der Waals surface area contributed by atoms with Gasteiger partial charge in [0.25, 0.3) is 0 Å². The van der Waals surface area contributed by atoms with Gasteiger partial charge in [0.05, 0.1) is 0 Å². The predicted octanol–water partition coefficient (Wildman–Crippen LogP) is 3.56. The van der Waals surface area contributed by atoms with E-state index in [1.165, 1.54) is 5.56 Å². The number of benzene rings is 2. The molecule has 1 aliphatic rings. The van der Waals surface area contributed by atoms with Crippen LogP contribution in [0.1, 0.15) is 42.3 Å². The average molecular weight is 331 g/mol. The lowest BCUT2D eigenvalue weighted by molar-refractivity contribution is -0.123. The number of rotatable bonds is 4. The number of carbonyl (C=O) groups is 1. The Morgan fingerprint density at radius 2 is 1.61 bits per heavy atom. The molecule has 4 heteroatoms. The Morgan fingerprint density at radius 1 is 1.00 bits per heavy atom. The number of amides is 1. The van der Waals surface area contributed by atoms with Gasteiger partial charge < -0.3 is 11.1 Å². The van der Waals surface area contributed by atoms with Crippen molar-refractivity contribution in [2.45, 2.75) is 37.3 Å². The molecule has 0 aromatic heterocycles. The Hall–Kier alpha value is -1.84. The van der Waals surface area contributed by atoms with E-state index in [1.54, 1.807) is 0 Å². The molecule has 3 unspecified atom stereocenters. The summed E-state index contributed by atoms with van der Waals surface area (Å²) in [5.74, 6) is 0.312. The van der Waals surface area contributed by atoms with Gasteiger partial charge in [-0.3, -0.25) is 4.79 Å². The largest absolute Gasteiger partial charge is 0.351 e. The molecular weight excluding hydrogens is 308 g/mol. The average Bonchev–Trinajstić information content (AvgIpc) is 3.04. The van der Waals surface area contributed by atoms with E-state index in [-0.39, 0.29) is 24.4 Å². The second-order valence-electron chi connectivity index (χ2n) is 5.95. The van der Waals surface area contributed by atoms with E-state index >= 15 is 0 Å². The third-order valence-electron chi connectivity index (χ3n) is 4.51. The first-order valence-electron chi connectivity index (χ1n) is 7.91. The third kappa shape index (κ3) is 4.12. The predicted molar refractivity (Wildman–Crippen MR) is 95.6 cm³/mol. The van der Waals surface area contributed by atoms with E-state index < -0.39 is 6.04 Å². The molecule has 0 spiro atoms. The van der Waals surface area contributed by atoms with Crippen LogP contribution in [-0.4, -0.2) is 11.9 Å². The van der Waals surface area contributed by atoms with Crippen molar-refractivity contribution in [3.05, 3.63) is 71.8 Å². The molecule has 2 aromatic rings. The summed E-state index contributed by atoms with van der Waals surface area (Å²) >= 11 is 0. The van der Waals surface area contributed by atoms with Crippen molar-refractivity contribution in [1.82, 2.24) is 5.32 Å². The molecule has 0 heterocycles. The maximum absolute atomic E-state index is 12.4. The SMILES string of the molecule is Cl.NC(C(=O)NC1CCCC1c1ccccc1)c1ccccc1. The Kier molecular flexibility index (Phi) is 6.20. The van der Waals surface area contributed by atoms with Gasteiger partial charge in [-0.25, -0.2) is 0 Å². The third-order valence-corrected chi connectivity index (χ3v) is 4.51. The topological polar surface area (TPSA) is 55.1 Å². The van der Waals surface area contributed by atoms with Crippen LogP contribution in [-0.2, 0) is 4.79 Å². The molecule has 0 radical (unpaired) electrons. The van der Waals surface area contributed by atoms with Crippen LogP contribution in [0.25, 0.3) is 0 Å². The number of hydrogen-bond acceptors (Lipinski definition) is 2. The molecule has 2 aromatic carbocycles. The normalized spacial score (nSPS) is 21.3. The Balaban J connectivity index is 0.00000192. The first-order valence-corrected chi connectivity index (χ1v) is 7.91. The Morgan fingerprint density at radius 3 is 2.26 bits per heavy atom. The summed E-state index contributed by atoms with van der Waals surface area (Å²) in [6.07, 6.45) is 3.29. The quantitative estimate of drug-likeness (QED) is 0.900. The fourth-order valence-electron chi connectivity index (χ4n) is 3.32. The molecule has 0 bridgehead atoms. The number of carbonyl (C=O) groups excluding carboxylic acids is 1. The highest BCUT2D eigenvalue weighted by Gasteiger charge is 2.31. The first-order chi connectivity index (χ1) is 10.8. The standard InChI is InChI=1S/C19H22N2O.ClH/c20-18(15-10-5-2-6-11-15)19(22)21-17-13-7-12-16(17)14-8-3-1-4-9-14;/h1-6,8-11,16-18H,7,12-13,20H2,(H,21,22);1H. The summed E-state index contributed by atoms with van der Waals surface area (Å²) in [5.41, 5.74) is 8.25. The Labute approximate surface area is 143 Å². The molecule has 3 atom stereocenters. The molecule has 1 saturated carbocycles. The molecular formula is C19H23ClN2O. The van der Waals surface area contributed by atoms with Crippen LogP contribution in [0, 0.1) is 0 Å². The molecule has 3 rings (SSSR count). The molecule has 1 fully saturated rings.